The normalized spacial score (nSPS) is 14.2. The lowest BCUT2D eigenvalue weighted by molar-refractivity contribution is -0.131. The number of piperazine rings is 1. The van der Waals surface area contributed by atoms with E-state index in [-0.39, 0.29) is 29.9 Å². The largest absolute Gasteiger partial charge is 0.370 e. The first-order valence-electron chi connectivity index (χ1n) is 10.7. The van der Waals surface area contributed by atoms with Gasteiger partial charge in [0.2, 0.25) is 5.91 Å². The summed E-state index contributed by atoms with van der Waals surface area (Å²) < 4.78 is 0. The van der Waals surface area contributed by atoms with Gasteiger partial charge >= 0.3 is 0 Å². The van der Waals surface area contributed by atoms with Crippen LogP contribution in [0.4, 0.5) is 11.5 Å². The third-order valence-corrected chi connectivity index (χ3v) is 5.47. The zero-order chi connectivity index (χ0) is 21.3. The summed E-state index contributed by atoms with van der Waals surface area (Å²) in [6, 6.07) is 12.2. The van der Waals surface area contributed by atoms with Gasteiger partial charge in [-0.05, 0) is 36.1 Å². The molecule has 168 valence electrons. The number of carbonyl (C=O) groups excluding carboxylic acids is 1. The van der Waals surface area contributed by atoms with Gasteiger partial charge in [0.25, 0.3) is 0 Å². The zero-order valence-corrected chi connectivity index (χ0v) is 20.7. The van der Waals surface area contributed by atoms with E-state index in [1.807, 2.05) is 23.1 Å². The van der Waals surface area contributed by atoms with Crippen molar-refractivity contribution in [2.75, 3.05) is 42.9 Å². The Morgan fingerprint density at radius 3 is 2.32 bits per heavy atom. The van der Waals surface area contributed by atoms with E-state index in [4.69, 9.17) is 5.73 Å². The zero-order valence-electron chi connectivity index (χ0n) is 18.4. The molecule has 1 aliphatic rings. The summed E-state index contributed by atoms with van der Waals surface area (Å²) in [5, 5.41) is 3.25. The predicted octanol–water partition coefficient (Wildman–Crippen LogP) is 3.29. The van der Waals surface area contributed by atoms with Crippen molar-refractivity contribution in [3.63, 3.8) is 0 Å². The molecule has 0 spiro atoms. The minimum atomic E-state index is 0. The van der Waals surface area contributed by atoms with E-state index in [0.717, 1.165) is 37.4 Å². The van der Waals surface area contributed by atoms with Crippen LogP contribution in [-0.4, -0.2) is 54.5 Å². The lowest BCUT2D eigenvalue weighted by atomic mass is 10.0. The molecule has 1 aromatic heterocycles. The molecular formula is C23H33IN6O. The molecule has 2 heterocycles. The molecule has 0 bridgehead atoms. The smallest absolute Gasteiger partial charge is 0.224 e. The number of aryl methyl sites for hydroxylation is 2. The molecule has 3 N–H and O–H groups in total. The minimum absolute atomic E-state index is 0. The highest BCUT2D eigenvalue weighted by Gasteiger charge is 2.21. The second-order valence-corrected chi connectivity index (χ2v) is 7.36. The fourth-order valence-electron chi connectivity index (χ4n) is 3.73. The number of aliphatic imine (C=N–C) groups is 1. The Balaban J connectivity index is 0.00000341. The van der Waals surface area contributed by atoms with Gasteiger partial charge in [-0.3, -0.25) is 9.79 Å². The Hall–Kier alpha value is -2.36. The lowest BCUT2D eigenvalue weighted by Gasteiger charge is -2.35. The van der Waals surface area contributed by atoms with Crippen LogP contribution in [-0.2, 0) is 17.6 Å². The number of hydrogen-bond acceptors (Lipinski definition) is 4. The maximum atomic E-state index is 12.5. The molecule has 7 nitrogen and oxygen atoms in total. The molecule has 0 atom stereocenters. The van der Waals surface area contributed by atoms with Gasteiger partial charge in [0.15, 0.2) is 5.96 Å². The number of hydrogen-bond donors (Lipinski definition) is 2. The van der Waals surface area contributed by atoms with Crippen LogP contribution in [0, 0.1) is 0 Å². The molecule has 0 radical (unpaired) electrons. The van der Waals surface area contributed by atoms with Crippen LogP contribution in [0.1, 0.15) is 31.4 Å². The first-order valence-corrected chi connectivity index (χ1v) is 10.7. The average molecular weight is 536 g/mol. The number of benzene rings is 1. The Morgan fingerprint density at radius 2 is 1.74 bits per heavy atom. The van der Waals surface area contributed by atoms with E-state index in [0.29, 0.717) is 32.0 Å². The van der Waals surface area contributed by atoms with Crippen LogP contribution in [0.25, 0.3) is 0 Å². The number of pyridine rings is 1. The highest BCUT2D eigenvalue weighted by molar-refractivity contribution is 14.0. The molecule has 2 aromatic rings. The number of amides is 1. The van der Waals surface area contributed by atoms with Gasteiger partial charge in [-0.15, -0.1) is 24.0 Å². The molecule has 1 saturated heterocycles. The summed E-state index contributed by atoms with van der Waals surface area (Å²) >= 11 is 0. The highest BCUT2D eigenvalue weighted by Crippen LogP contribution is 2.22. The highest BCUT2D eigenvalue weighted by atomic mass is 127. The van der Waals surface area contributed by atoms with Crippen molar-refractivity contribution in [1.82, 2.24) is 9.88 Å². The predicted molar refractivity (Wildman–Crippen MR) is 138 cm³/mol. The summed E-state index contributed by atoms with van der Waals surface area (Å²) in [4.78, 5) is 25.4. The number of anilines is 2. The Kier molecular flexibility index (Phi) is 10.0. The van der Waals surface area contributed by atoms with Crippen LogP contribution in [0.5, 0.6) is 0 Å². The molecule has 31 heavy (non-hydrogen) atoms. The van der Waals surface area contributed by atoms with Gasteiger partial charge < -0.3 is 20.9 Å². The molecule has 3 rings (SSSR count). The molecule has 8 heteroatoms. The first-order chi connectivity index (χ1) is 14.6. The van der Waals surface area contributed by atoms with Gasteiger partial charge in [0.1, 0.15) is 5.82 Å². The fourth-order valence-corrected chi connectivity index (χ4v) is 3.73. The van der Waals surface area contributed by atoms with E-state index in [1.165, 1.54) is 11.1 Å². The van der Waals surface area contributed by atoms with Crippen LogP contribution in [0.3, 0.4) is 0 Å². The van der Waals surface area contributed by atoms with Crippen LogP contribution in [0.15, 0.2) is 47.6 Å². The molecular weight excluding hydrogens is 503 g/mol. The van der Waals surface area contributed by atoms with Gasteiger partial charge in [-0.25, -0.2) is 4.98 Å². The van der Waals surface area contributed by atoms with Crippen LogP contribution >= 0.6 is 24.0 Å². The second kappa shape index (κ2) is 12.5. The number of halogens is 1. The number of nitrogens with two attached hydrogens (primary N) is 1. The summed E-state index contributed by atoms with van der Waals surface area (Å²) in [6.45, 7) is 7.63. The minimum Gasteiger partial charge on any atom is -0.370 e. The number of nitrogens with one attached hydrogen (secondary N) is 1. The summed E-state index contributed by atoms with van der Waals surface area (Å²) in [7, 11) is 0. The molecule has 1 aliphatic heterocycles. The molecule has 1 amide bonds. The number of rotatable bonds is 7. The summed E-state index contributed by atoms with van der Waals surface area (Å²) in [6.07, 6.45) is 4.01. The van der Waals surface area contributed by atoms with Gasteiger partial charge in [0.05, 0.1) is 6.54 Å². The Morgan fingerprint density at radius 1 is 1.06 bits per heavy atom. The maximum absolute atomic E-state index is 12.5. The number of carbonyl (C=O) groups is 1. The van der Waals surface area contributed by atoms with Crippen molar-refractivity contribution in [2.45, 2.75) is 33.1 Å². The molecule has 0 unspecified atom stereocenters. The SMILES string of the molecule is CCc1cccc(CC)c1NC(N)=NCCC(=O)N1CCN(c2ccccn2)CC1.I. The van der Waals surface area contributed by atoms with Gasteiger partial charge in [-0.2, -0.15) is 0 Å². The van der Waals surface area contributed by atoms with Crippen LogP contribution < -0.4 is 16.0 Å². The average Bonchev–Trinajstić information content (AvgIpc) is 2.79. The van der Waals surface area contributed by atoms with E-state index < -0.39 is 0 Å². The monoisotopic (exact) mass is 536 g/mol. The number of para-hydroxylation sites is 1. The van der Waals surface area contributed by atoms with E-state index in [9.17, 15) is 4.79 Å². The standard InChI is InChI=1S/C23H32N6O.HI/c1-3-18-8-7-9-19(4-2)22(18)27-23(24)26-13-11-21(30)29-16-14-28(15-17-29)20-10-5-6-12-25-20;/h5-10,12H,3-4,11,13-17H2,1-2H3,(H3,24,26,27);1H. The van der Waals surface area contributed by atoms with Gasteiger partial charge in [0, 0.05) is 44.5 Å². The van der Waals surface area contributed by atoms with Crippen molar-refractivity contribution in [1.29, 1.82) is 0 Å². The third kappa shape index (κ3) is 6.81. The molecule has 0 saturated carbocycles. The van der Waals surface area contributed by atoms with Crippen molar-refractivity contribution >= 4 is 47.3 Å². The Labute approximate surface area is 202 Å². The van der Waals surface area contributed by atoms with E-state index in [1.54, 1.807) is 6.20 Å². The topological polar surface area (TPSA) is 86.8 Å². The van der Waals surface area contributed by atoms with Crippen LogP contribution in [0.2, 0.25) is 0 Å². The molecule has 1 fully saturated rings. The quantitative estimate of drug-likeness (QED) is 0.322. The van der Waals surface area contributed by atoms with E-state index in [2.05, 4.69) is 52.2 Å². The number of guanidine groups is 1. The van der Waals surface area contributed by atoms with Crippen molar-refractivity contribution in [2.24, 2.45) is 10.7 Å². The lowest BCUT2D eigenvalue weighted by Crippen LogP contribution is -2.49. The fraction of sp³-hybridized carbons (Fsp3) is 0.435. The van der Waals surface area contributed by atoms with Crippen molar-refractivity contribution in [3.8, 4) is 0 Å². The third-order valence-electron chi connectivity index (χ3n) is 5.47. The number of nitrogens with zero attached hydrogens (tertiary/aromatic N) is 4. The summed E-state index contributed by atoms with van der Waals surface area (Å²) in [5.74, 6) is 1.45. The molecule has 1 aromatic carbocycles. The molecule has 0 aliphatic carbocycles. The van der Waals surface area contributed by atoms with Crippen molar-refractivity contribution < 1.29 is 4.79 Å². The Bertz CT molecular complexity index is 843. The summed E-state index contributed by atoms with van der Waals surface area (Å²) in [5.41, 5.74) is 9.58. The maximum Gasteiger partial charge on any atom is 0.224 e. The number of aromatic nitrogens is 1. The first kappa shape index (κ1) is 24.9. The van der Waals surface area contributed by atoms with Crippen molar-refractivity contribution in [3.05, 3.63) is 53.7 Å². The second-order valence-electron chi connectivity index (χ2n) is 7.36. The van der Waals surface area contributed by atoms with Gasteiger partial charge in [-0.1, -0.05) is 38.1 Å². The van der Waals surface area contributed by atoms with E-state index >= 15 is 0 Å².